The van der Waals surface area contributed by atoms with Crippen LogP contribution in [0.25, 0.3) is 10.9 Å². The Morgan fingerprint density at radius 1 is 1.10 bits per heavy atom. The third-order valence-corrected chi connectivity index (χ3v) is 6.67. The third kappa shape index (κ3) is 5.34. The van der Waals surface area contributed by atoms with Gasteiger partial charge in [0.15, 0.2) is 5.11 Å². The standard InChI is InChI=1S/C26H31N3OS/c1-2-19-12-13-24-21(16-19)17-22(25(30)28-24)18-29(23-10-6-7-11-23)26(31)27-15-14-20-8-4-3-5-9-20/h3-5,8-9,12-13,16-17,23H,2,6-7,10-11,14-15,18H2,1H3,(H,27,31)(H,28,30). The normalized spacial score (nSPS) is 14.1. The Bertz CT molecular complexity index is 1090. The van der Waals surface area contributed by atoms with Crippen LogP contribution in [0.1, 0.15) is 49.3 Å². The van der Waals surface area contributed by atoms with Crippen LogP contribution >= 0.6 is 12.2 Å². The Labute approximate surface area is 189 Å². The summed E-state index contributed by atoms with van der Waals surface area (Å²) in [6.45, 7) is 3.48. The van der Waals surface area contributed by atoms with Gasteiger partial charge in [0.2, 0.25) is 0 Å². The summed E-state index contributed by atoms with van der Waals surface area (Å²) in [5, 5.41) is 5.29. The summed E-state index contributed by atoms with van der Waals surface area (Å²) in [4.78, 5) is 18.1. The van der Waals surface area contributed by atoms with Crippen LogP contribution in [0.4, 0.5) is 0 Å². The summed E-state index contributed by atoms with van der Waals surface area (Å²) < 4.78 is 0. The van der Waals surface area contributed by atoms with Crippen molar-refractivity contribution < 1.29 is 0 Å². The average Bonchev–Trinajstić information content (AvgIpc) is 3.32. The molecule has 2 aromatic carbocycles. The molecule has 0 saturated heterocycles. The first-order valence-corrected chi connectivity index (χ1v) is 11.8. The lowest BCUT2D eigenvalue weighted by Crippen LogP contribution is -2.45. The van der Waals surface area contributed by atoms with E-state index in [4.69, 9.17) is 12.2 Å². The lowest BCUT2D eigenvalue weighted by atomic mass is 10.1. The van der Waals surface area contributed by atoms with Crippen LogP contribution in [-0.4, -0.2) is 27.6 Å². The first kappa shape index (κ1) is 21.6. The van der Waals surface area contributed by atoms with E-state index in [1.54, 1.807) is 0 Å². The quantitative estimate of drug-likeness (QED) is 0.518. The Morgan fingerprint density at radius 2 is 1.87 bits per heavy atom. The van der Waals surface area contributed by atoms with E-state index in [0.29, 0.717) is 12.6 Å². The summed E-state index contributed by atoms with van der Waals surface area (Å²) in [5.74, 6) is 0. The van der Waals surface area contributed by atoms with Crippen LogP contribution < -0.4 is 10.9 Å². The molecule has 1 heterocycles. The Hall–Kier alpha value is -2.66. The zero-order valence-electron chi connectivity index (χ0n) is 18.2. The molecule has 4 nitrogen and oxygen atoms in total. The lowest BCUT2D eigenvalue weighted by molar-refractivity contribution is 0.302. The second-order valence-corrected chi connectivity index (χ2v) is 8.82. The van der Waals surface area contributed by atoms with Gasteiger partial charge in [-0.2, -0.15) is 0 Å². The molecule has 162 valence electrons. The van der Waals surface area contributed by atoms with Gasteiger partial charge in [-0.1, -0.05) is 56.2 Å². The van der Waals surface area contributed by atoms with E-state index in [2.05, 4.69) is 58.5 Å². The second kappa shape index (κ2) is 10.1. The van der Waals surface area contributed by atoms with Gasteiger partial charge in [-0.15, -0.1) is 0 Å². The number of thiocarbonyl (C=S) groups is 1. The maximum absolute atomic E-state index is 12.8. The SMILES string of the molecule is CCc1ccc2[nH]c(=O)c(CN(C(=S)NCCc3ccccc3)C3CCCC3)cc2c1. The lowest BCUT2D eigenvalue weighted by Gasteiger charge is -2.31. The smallest absolute Gasteiger partial charge is 0.253 e. The zero-order valence-corrected chi connectivity index (χ0v) is 19.0. The van der Waals surface area contributed by atoms with Crippen LogP contribution in [0.15, 0.2) is 59.4 Å². The van der Waals surface area contributed by atoms with Gasteiger partial charge in [0.25, 0.3) is 5.56 Å². The van der Waals surface area contributed by atoms with Crippen molar-refractivity contribution in [1.82, 2.24) is 15.2 Å². The van der Waals surface area contributed by atoms with Crippen LogP contribution in [0.3, 0.4) is 0 Å². The summed E-state index contributed by atoms with van der Waals surface area (Å²) in [7, 11) is 0. The van der Waals surface area contributed by atoms with E-state index < -0.39 is 0 Å². The van der Waals surface area contributed by atoms with Gasteiger partial charge < -0.3 is 15.2 Å². The van der Waals surface area contributed by atoms with E-state index in [1.165, 1.54) is 24.0 Å². The molecule has 3 aromatic rings. The van der Waals surface area contributed by atoms with E-state index in [9.17, 15) is 4.79 Å². The molecule has 31 heavy (non-hydrogen) atoms. The minimum atomic E-state index is -0.0215. The number of fused-ring (bicyclic) bond motifs is 1. The fourth-order valence-electron chi connectivity index (χ4n) is 4.46. The molecular formula is C26H31N3OS. The van der Waals surface area contributed by atoms with Crippen molar-refractivity contribution in [3.05, 3.63) is 81.6 Å². The number of hydrogen-bond donors (Lipinski definition) is 2. The molecule has 2 N–H and O–H groups in total. The monoisotopic (exact) mass is 433 g/mol. The Balaban J connectivity index is 1.51. The number of aromatic nitrogens is 1. The highest BCUT2D eigenvalue weighted by atomic mass is 32.1. The molecule has 0 atom stereocenters. The van der Waals surface area contributed by atoms with Crippen LogP contribution in [0.2, 0.25) is 0 Å². The average molecular weight is 434 g/mol. The number of nitrogens with one attached hydrogen (secondary N) is 2. The van der Waals surface area contributed by atoms with Gasteiger partial charge in [-0.3, -0.25) is 4.79 Å². The fourth-order valence-corrected chi connectivity index (χ4v) is 4.78. The maximum atomic E-state index is 12.8. The summed E-state index contributed by atoms with van der Waals surface area (Å²) in [6, 6.07) is 19.1. The minimum Gasteiger partial charge on any atom is -0.362 e. The van der Waals surface area contributed by atoms with Crippen LogP contribution in [0.5, 0.6) is 0 Å². The molecule has 0 spiro atoms. The maximum Gasteiger partial charge on any atom is 0.253 e. The van der Waals surface area contributed by atoms with Gasteiger partial charge in [-0.25, -0.2) is 0 Å². The Morgan fingerprint density at radius 3 is 2.61 bits per heavy atom. The molecule has 1 fully saturated rings. The third-order valence-electron chi connectivity index (χ3n) is 6.29. The van der Waals surface area contributed by atoms with E-state index in [0.717, 1.165) is 53.8 Å². The number of nitrogens with zero attached hydrogens (tertiary/aromatic N) is 1. The van der Waals surface area contributed by atoms with Crippen LogP contribution in [0, 0.1) is 0 Å². The fraction of sp³-hybridized carbons (Fsp3) is 0.385. The number of aryl methyl sites for hydroxylation is 1. The molecule has 1 aliphatic carbocycles. The van der Waals surface area contributed by atoms with E-state index >= 15 is 0 Å². The van der Waals surface area contributed by atoms with Crippen LogP contribution in [-0.2, 0) is 19.4 Å². The Kier molecular flexibility index (Phi) is 7.03. The summed E-state index contributed by atoms with van der Waals surface area (Å²) in [5.41, 5.74) is 4.22. The largest absolute Gasteiger partial charge is 0.362 e. The number of hydrogen-bond acceptors (Lipinski definition) is 2. The summed E-state index contributed by atoms with van der Waals surface area (Å²) in [6.07, 6.45) is 6.62. The first-order valence-electron chi connectivity index (χ1n) is 11.4. The second-order valence-electron chi connectivity index (χ2n) is 8.43. The molecular weight excluding hydrogens is 402 g/mol. The highest BCUT2D eigenvalue weighted by Gasteiger charge is 2.25. The van der Waals surface area contributed by atoms with Crippen molar-refractivity contribution in [1.29, 1.82) is 0 Å². The van der Waals surface area contributed by atoms with Crippen molar-refractivity contribution in [2.24, 2.45) is 0 Å². The van der Waals surface area contributed by atoms with Crippen molar-refractivity contribution in [3.63, 3.8) is 0 Å². The van der Waals surface area contributed by atoms with Gasteiger partial charge in [0, 0.05) is 23.7 Å². The molecule has 0 radical (unpaired) electrons. The van der Waals surface area contributed by atoms with Crippen molar-refractivity contribution in [2.75, 3.05) is 6.54 Å². The molecule has 0 bridgehead atoms. The van der Waals surface area contributed by atoms with Gasteiger partial charge in [0.05, 0.1) is 6.54 Å². The molecule has 0 aliphatic heterocycles. The molecule has 1 aromatic heterocycles. The topological polar surface area (TPSA) is 48.1 Å². The van der Waals surface area contributed by atoms with E-state index in [-0.39, 0.29) is 5.56 Å². The number of rotatable bonds is 7. The zero-order chi connectivity index (χ0) is 21.6. The van der Waals surface area contributed by atoms with E-state index in [1.807, 2.05) is 18.2 Å². The van der Waals surface area contributed by atoms with Gasteiger partial charge in [-0.05, 0) is 72.6 Å². The number of H-pyrrole nitrogens is 1. The molecule has 0 unspecified atom stereocenters. The first-order chi connectivity index (χ1) is 15.1. The van der Waals surface area contributed by atoms with Crippen molar-refractivity contribution in [2.45, 2.75) is 58.0 Å². The van der Waals surface area contributed by atoms with Gasteiger partial charge in [0.1, 0.15) is 0 Å². The number of aromatic amines is 1. The minimum absolute atomic E-state index is 0.0215. The number of pyridine rings is 1. The van der Waals surface area contributed by atoms with Crippen molar-refractivity contribution in [3.8, 4) is 0 Å². The highest BCUT2D eigenvalue weighted by Crippen LogP contribution is 2.25. The molecule has 5 heteroatoms. The predicted octanol–water partition coefficient (Wildman–Crippen LogP) is 4.95. The molecule has 4 rings (SSSR count). The summed E-state index contributed by atoms with van der Waals surface area (Å²) >= 11 is 5.81. The highest BCUT2D eigenvalue weighted by molar-refractivity contribution is 7.80. The number of benzene rings is 2. The molecule has 1 saturated carbocycles. The van der Waals surface area contributed by atoms with Crippen molar-refractivity contribution >= 4 is 28.2 Å². The predicted molar refractivity (Wildman–Crippen MR) is 132 cm³/mol. The van der Waals surface area contributed by atoms with Gasteiger partial charge >= 0.3 is 0 Å². The molecule has 1 aliphatic rings. The molecule has 0 amide bonds.